The predicted octanol–water partition coefficient (Wildman–Crippen LogP) is 17.8. The minimum Gasteiger partial charge on any atom is -0.455 e. The van der Waals surface area contributed by atoms with Gasteiger partial charge in [-0.3, -0.25) is 0 Å². The van der Waals surface area contributed by atoms with Crippen LogP contribution in [0.2, 0.25) is 0 Å². The molecule has 0 N–H and O–H groups in total. The summed E-state index contributed by atoms with van der Waals surface area (Å²) in [6.45, 7) is 0. The molecule has 1 aliphatic carbocycles. The van der Waals surface area contributed by atoms with Gasteiger partial charge in [0.25, 0.3) is 0 Å². The summed E-state index contributed by atoms with van der Waals surface area (Å²) in [6.07, 6.45) is 0. The molecule has 0 aliphatic heterocycles. The average Bonchev–Trinajstić information content (AvgIpc) is 4.09. The maximum atomic E-state index is 6.47. The molecule has 0 unspecified atom stereocenters. The number of aromatic nitrogens is 1. The molecule has 0 atom stereocenters. The van der Waals surface area contributed by atoms with Crippen LogP contribution in [-0.2, 0) is 5.41 Å². The van der Waals surface area contributed by atoms with E-state index in [1.54, 1.807) is 0 Å². The molecule has 0 saturated heterocycles. The normalized spacial score (nSPS) is 12.7. The Balaban J connectivity index is 0.912. The van der Waals surface area contributed by atoms with Gasteiger partial charge in [-0.25, -0.2) is 0 Å². The van der Waals surface area contributed by atoms with Gasteiger partial charge in [0.2, 0.25) is 0 Å². The van der Waals surface area contributed by atoms with Crippen LogP contribution in [0.25, 0.3) is 82.8 Å². The minimum absolute atomic E-state index is 0.478. The predicted molar refractivity (Wildman–Crippen MR) is 291 cm³/mol. The van der Waals surface area contributed by atoms with Crippen molar-refractivity contribution in [1.82, 2.24) is 4.57 Å². The van der Waals surface area contributed by atoms with Crippen molar-refractivity contribution in [2.45, 2.75) is 5.41 Å². The SMILES string of the molecule is c1ccc(C2(c3ccccc3)c3ccccc3-c3cc(N(c4ccc(-c5cccc(-c6cccc7c6oc6ccccc67)c5)cc4)c4ccc(-n5c6ccccc6c6ccccc65)cc4)ccc32)cc1. The van der Waals surface area contributed by atoms with Crippen LogP contribution in [-0.4, -0.2) is 4.57 Å². The number of furan rings is 1. The second kappa shape index (κ2) is 16.0. The minimum atomic E-state index is -0.478. The summed E-state index contributed by atoms with van der Waals surface area (Å²) in [5, 5.41) is 4.77. The van der Waals surface area contributed by atoms with Crippen molar-refractivity contribution in [2.75, 3.05) is 4.90 Å². The van der Waals surface area contributed by atoms with E-state index >= 15 is 0 Å². The number of anilines is 3. The van der Waals surface area contributed by atoms with Crippen molar-refractivity contribution in [2.24, 2.45) is 0 Å². The zero-order chi connectivity index (χ0) is 46.2. The number of para-hydroxylation sites is 4. The molecule has 3 nitrogen and oxygen atoms in total. The molecule has 3 heteroatoms. The molecule has 70 heavy (non-hydrogen) atoms. The fourth-order valence-electron chi connectivity index (χ4n) is 11.6. The molecule has 0 spiro atoms. The second-order valence-electron chi connectivity index (χ2n) is 18.4. The third kappa shape index (κ3) is 6.08. The number of benzene rings is 11. The summed E-state index contributed by atoms with van der Waals surface area (Å²) in [5.74, 6) is 0. The third-order valence-corrected chi connectivity index (χ3v) is 14.7. The molecule has 2 aromatic heterocycles. The van der Waals surface area contributed by atoms with Crippen molar-refractivity contribution in [3.05, 3.63) is 289 Å². The highest BCUT2D eigenvalue weighted by molar-refractivity contribution is 6.10. The van der Waals surface area contributed by atoms with Crippen molar-refractivity contribution in [1.29, 1.82) is 0 Å². The van der Waals surface area contributed by atoms with Crippen molar-refractivity contribution < 1.29 is 4.42 Å². The molecular weight excluding hydrogens is 849 g/mol. The lowest BCUT2D eigenvalue weighted by Gasteiger charge is -2.34. The molecule has 13 aromatic rings. The van der Waals surface area contributed by atoms with Gasteiger partial charge in [-0.1, -0.05) is 194 Å². The average molecular weight is 893 g/mol. The zero-order valence-corrected chi connectivity index (χ0v) is 38.2. The van der Waals surface area contributed by atoms with Crippen LogP contribution in [0.5, 0.6) is 0 Å². The molecule has 2 heterocycles. The number of nitrogens with zero attached hydrogens (tertiary/aromatic N) is 2. The molecule has 328 valence electrons. The first-order chi connectivity index (χ1) is 34.7. The standard InChI is InChI=1S/C67H44N2O/c1-3-19-48(20-4-1)67(49-21-5-2-6-22-49)61-29-11-7-23-55(61)60-44-53(41-42-62(60)67)68(51-37-39-52(40-38-51)69-63-30-12-8-24-56(63)57-25-9-13-31-64(57)69)50-35-33-45(34-36-50)46-17-15-18-47(43-46)54-27-16-28-59-58-26-10-14-32-65(58)70-66(54)59/h1-44H. The molecule has 0 fully saturated rings. The smallest absolute Gasteiger partial charge is 0.143 e. The van der Waals surface area contributed by atoms with Crippen LogP contribution >= 0.6 is 0 Å². The highest BCUT2D eigenvalue weighted by atomic mass is 16.3. The number of hydrogen-bond donors (Lipinski definition) is 0. The molecule has 0 bridgehead atoms. The molecule has 0 radical (unpaired) electrons. The van der Waals surface area contributed by atoms with E-state index in [-0.39, 0.29) is 0 Å². The third-order valence-electron chi connectivity index (χ3n) is 14.7. The summed E-state index contributed by atoms with van der Waals surface area (Å²) in [4.78, 5) is 2.41. The largest absolute Gasteiger partial charge is 0.455 e. The van der Waals surface area contributed by atoms with Gasteiger partial charge >= 0.3 is 0 Å². The van der Waals surface area contributed by atoms with Crippen molar-refractivity contribution in [3.63, 3.8) is 0 Å². The van der Waals surface area contributed by atoms with Gasteiger partial charge in [0.1, 0.15) is 11.2 Å². The Morgan fingerprint density at radius 3 is 1.57 bits per heavy atom. The highest BCUT2D eigenvalue weighted by Gasteiger charge is 2.46. The molecule has 0 saturated carbocycles. The van der Waals surface area contributed by atoms with E-state index in [0.29, 0.717) is 0 Å². The lowest BCUT2D eigenvalue weighted by molar-refractivity contribution is 0.670. The molecular formula is C67H44N2O. The molecule has 0 amide bonds. The highest BCUT2D eigenvalue weighted by Crippen LogP contribution is 2.57. The second-order valence-corrected chi connectivity index (χ2v) is 18.4. The van der Waals surface area contributed by atoms with Gasteiger partial charge in [-0.15, -0.1) is 0 Å². The van der Waals surface area contributed by atoms with Gasteiger partial charge in [-0.2, -0.15) is 0 Å². The number of hydrogen-bond acceptors (Lipinski definition) is 2. The van der Waals surface area contributed by atoms with Crippen LogP contribution in [0.1, 0.15) is 22.3 Å². The van der Waals surface area contributed by atoms with E-state index in [4.69, 9.17) is 4.42 Å². The van der Waals surface area contributed by atoms with Gasteiger partial charge in [0.05, 0.1) is 16.4 Å². The van der Waals surface area contributed by atoms with Crippen LogP contribution < -0.4 is 4.90 Å². The van der Waals surface area contributed by atoms with Crippen molar-refractivity contribution >= 4 is 60.8 Å². The van der Waals surface area contributed by atoms with E-state index in [1.807, 2.05) is 12.1 Å². The molecule has 11 aromatic carbocycles. The van der Waals surface area contributed by atoms with Gasteiger partial charge in [0, 0.05) is 49.9 Å². The Labute approximate surface area is 406 Å². The summed E-state index contributed by atoms with van der Waals surface area (Å²) in [7, 11) is 0. The lowest BCUT2D eigenvalue weighted by atomic mass is 9.68. The number of fused-ring (bicyclic) bond motifs is 9. The maximum Gasteiger partial charge on any atom is 0.143 e. The Hall–Kier alpha value is -9.18. The topological polar surface area (TPSA) is 21.3 Å². The molecule has 14 rings (SSSR count). The quantitative estimate of drug-likeness (QED) is 0.152. The maximum absolute atomic E-state index is 6.47. The van der Waals surface area contributed by atoms with Crippen molar-refractivity contribution in [3.8, 4) is 39.1 Å². The summed E-state index contributed by atoms with van der Waals surface area (Å²) < 4.78 is 8.86. The first-order valence-electron chi connectivity index (χ1n) is 24.1. The number of rotatable bonds is 8. The monoisotopic (exact) mass is 892 g/mol. The fourth-order valence-corrected chi connectivity index (χ4v) is 11.6. The van der Waals surface area contributed by atoms with E-state index < -0.39 is 5.41 Å². The summed E-state index contributed by atoms with van der Waals surface area (Å²) in [5.41, 5.74) is 20.2. The Kier molecular flexibility index (Phi) is 9.11. The fraction of sp³-hybridized carbons (Fsp3) is 0.0149. The zero-order valence-electron chi connectivity index (χ0n) is 38.2. The summed E-state index contributed by atoms with van der Waals surface area (Å²) >= 11 is 0. The van der Waals surface area contributed by atoms with E-state index in [1.165, 1.54) is 55.2 Å². The Morgan fingerprint density at radius 1 is 0.329 bits per heavy atom. The van der Waals surface area contributed by atoms with Gasteiger partial charge in [-0.05, 0) is 123 Å². The first-order valence-corrected chi connectivity index (χ1v) is 24.1. The Bertz CT molecular complexity index is 4020. The lowest BCUT2D eigenvalue weighted by Crippen LogP contribution is -2.28. The summed E-state index contributed by atoms with van der Waals surface area (Å²) in [6, 6.07) is 97.2. The van der Waals surface area contributed by atoms with Crippen LogP contribution in [0.3, 0.4) is 0 Å². The van der Waals surface area contributed by atoms with Crippen LogP contribution in [0.15, 0.2) is 271 Å². The molecule has 1 aliphatic rings. The first kappa shape index (κ1) is 39.9. The van der Waals surface area contributed by atoms with E-state index in [2.05, 4.69) is 264 Å². The Morgan fingerprint density at radius 2 is 0.857 bits per heavy atom. The van der Waals surface area contributed by atoms with Crippen LogP contribution in [0.4, 0.5) is 17.1 Å². The van der Waals surface area contributed by atoms with Gasteiger partial charge in [0.15, 0.2) is 0 Å². The van der Waals surface area contributed by atoms with Crippen LogP contribution in [0, 0.1) is 0 Å². The van der Waals surface area contributed by atoms with Gasteiger partial charge < -0.3 is 13.9 Å². The van der Waals surface area contributed by atoms with E-state index in [9.17, 15) is 0 Å². The van der Waals surface area contributed by atoms with E-state index in [0.717, 1.165) is 66.9 Å².